The Kier molecular flexibility index (Phi) is 5.01. The Morgan fingerprint density at radius 3 is 2.68 bits per heavy atom. The number of hydrogen-bond donors (Lipinski definition) is 0. The van der Waals surface area contributed by atoms with Crippen LogP contribution in [0, 0.1) is 0 Å². The van der Waals surface area contributed by atoms with E-state index in [1.165, 1.54) is 0 Å². The minimum Gasteiger partial charge on any atom is -0.468 e. The first-order valence-corrected chi connectivity index (χ1v) is 8.24. The Morgan fingerprint density at radius 2 is 1.95 bits per heavy atom. The fourth-order valence-electron chi connectivity index (χ4n) is 3.41. The van der Waals surface area contributed by atoms with Crippen LogP contribution in [0.2, 0.25) is 5.02 Å². The second-order valence-corrected chi connectivity index (χ2v) is 6.39. The number of carbonyl (C=O) groups is 1. The van der Waals surface area contributed by atoms with E-state index in [4.69, 9.17) is 25.8 Å². The minimum absolute atomic E-state index is 0.0479. The third-order valence-corrected chi connectivity index (χ3v) is 4.85. The molecule has 5 heteroatoms. The van der Waals surface area contributed by atoms with Crippen LogP contribution in [-0.2, 0) is 25.4 Å². The highest BCUT2D eigenvalue weighted by molar-refractivity contribution is 6.31. The van der Waals surface area contributed by atoms with Crippen LogP contribution in [-0.4, -0.2) is 31.1 Å². The van der Waals surface area contributed by atoms with E-state index in [9.17, 15) is 4.79 Å². The van der Waals surface area contributed by atoms with Crippen LogP contribution in [0.4, 0.5) is 0 Å². The smallest absolute Gasteiger partial charge is 0.293 e. The molecular weight excluding hydrogens is 304 g/mol. The quantitative estimate of drug-likeness (QED) is 0.593. The number of halogens is 1. The lowest BCUT2D eigenvalue weighted by molar-refractivity contribution is -0.170. The van der Waals surface area contributed by atoms with Gasteiger partial charge in [-0.05, 0) is 24.5 Å². The van der Waals surface area contributed by atoms with Gasteiger partial charge in [0, 0.05) is 30.7 Å². The fraction of sp³-hybridized carbons (Fsp3) is 0.588. The highest BCUT2D eigenvalue weighted by atomic mass is 35.5. The van der Waals surface area contributed by atoms with Crippen molar-refractivity contribution < 1.29 is 19.0 Å². The van der Waals surface area contributed by atoms with Gasteiger partial charge in [0.2, 0.25) is 0 Å². The van der Waals surface area contributed by atoms with E-state index in [0.717, 1.165) is 36.3 Å². The summed E-state index contributed by atoms with van der Waals surface area (Å²) in [5.74, 6) is -0.433. The molecule has 1 heterocycles. The lowest BCUT2D eigenvalue weighted by Crippen LogP contribution is -2.27. The average Bonchev–Trinajstić information content (AvgIpc) is 3.10. The maximum absolute atomic E-state index is 10.3. The number of rotatable bonds is 6. The molecule has 2 aliphatic rings. The second kappa shape index (κ2) is 6.99. The van der Waals surface area contributed by atoms with Crippen LogP contribution >= 0.6 is 11.6 Å². The highest BCUT2D eigenvalue weighted by Gasteiger charge is 2.48. The minimum atomic E-state index is -0.433. The van der Waals surface area contributed by atoms with Crippen molar-refractivity contribution in [1.82, 2.24) is 0 Å². The fourth-order valence-corrected chi connectivity index (χ4v) is 3.62. The van der Waals surface area contributed by atoms with E-state index in [2.05, 4.69) is 0 Å². The summed E-state index contributed by atoms with van der Waals surface area (Å²) < 4.78 is 17.3. The van der Waals surface area contributed by atoms with Crippen LogP contribution in [0.15, 0.2) is 24.3 Å². The first kappa shape index (κ1) is 15.8. The molecule has 1 aromatic rings. The Labute approximate surface area is 135 Å². The lowest BCUT2D eigenvalue weighted by atomic mass is 10.0. The molecule has 0 bridgehead atoms. The van der Waals surface area contributed by atoms with Crippen molar-refractivity contribution >= 4 is 18.1 Å². The van der Waals surface area contributed by atoms with Crippen molar-refractivity contribution in [2.24, 2.45) is 0 Å². The molecule has 1 saturated heterocycles. The van der Waals surface area contributed by atoms with Gasteiger partial charge in [0.1, 0.15) is 0 Å². The summed E-state index contributed by atoms with van der Waals surface area (Å²) in [4.78, 5) is 10.3. The molecule has 0 unspecified atom stereocenters. The monoisotopic (exact) mass is 324 g/mol. The van der Waals surface area contributed by atoms with E-state index in [1.54, 1.807) is 0 Å². The molecule has 22 heavy (non-hydrogen) atoms. The molecular formula is C17H21ClO4. The molecule has 1 spiro atoms. The molecule has 1 aromatic carbocycles. The van der Waals surface area contributed by atoms with E-state index >= 15 is 0 Å². The van der Waals surface area contributed by atoms with Crippen molar-refractivity contribution in [3.63, 3.8) is 0 Å². The zero-order valence-electron chi connectivity index (χ0n) is 12.5. The van der Waals surface area contributed by atoms with Gasteiger partial charge in [0.15, 0.2) is 5.79 Å². The van der Waals surface area contributed by atoms with Gasteiger partial charge in [-0.15, -0.1) is 0 Å². The Bertz CT molecular complexity index is 513. The van der Waals surface area contributed by atoms with E-state index in [0.29, 0.717) is 25.9 Å². The zero-order valence-corrected chi connectivity index (χ0v) is 13.3. The van der Waals surface area contributed by atoms with Crippen molar-refractivity contribution in [2.75, 3.05) is 6.61 Å². The van der Waals surface area contributed by atoms with E-state index < -0.39 is 5.79 Å². The number of carbonyl (C=O) groups excluding carboxylic acids is 1. The molecule has 0 radical (unpaired) electrons. The molecule has 0 N–H and O–H groups in total. The average molecular weight is 325 g/mol. The van der Waals surface area contributed by atoms with Gasteiger partial charge < -0.3 is 14.2 Å². The van der Waals surface area contributed by atoms with Gasteiger partial charge in [-0.1, -0.05) is 29.8 Å². The number of ether oxygens (including phenoxy) is 3. The Hall–Kier alpha value is -1.10. The van der Waals surface area contributed by atoms with Crippen LogP contribution in [0.3, 0.4) is 0 Å². The molecule has 3 rings (SSSR count). The van der Waals surface area contributed by atoms with Crippen LogP contribution in [0.25, 0.3) is 0 Å². The third kappa shape index (κ3) is 3.45. The summed E-state index contributed by atoms with van der Waals surface area (Å²) >= 11 is 6.26. The lowest BCUT2D eigenvalue weighted by Gasteiger charge is -2.22. The van der Waals surface area contributed by atoms with Gasteiger partial charge in [0.25, 0.3) is 6.47 Å². The summed E-state index contributed by atoms with van der Waals surface area (Å²) in [5.41, 5.74) is 1.06. The molecule has 1 aliphatic heterocycles. The normalized spacial score (nSPS) is 26.4. The van der Waals surface area contributed by atoms with Crippen LogP contribution < -0.4 is 0 Å². The largest absolute Gasteiger partial charge is 0.468 e. The summed E-state index contributed by atoms with van der Waals surface area (Å²) in [7, 11) is 0. The maximum Gasteiger partial charge on any atom is 0.293 e. The molecule has 2 atom stereocenters. The topological polar surface area (TPSA) is 44.8 Å². The van der Waals surface area contributed by atoms with Crippen LogP contribution in [0.5, 0.6) is 0 Å². The van der Waals surface area contributed by atoms with Crippen LogP contribution in [0.1, 0.15) is 37.7 Å². The highest BCUT2D eigenvalue weighted by Crippen LogP contribution is 2.43. The first-order valence-electron chi connectivity index (χ1n) is 7.87. The molecule has 0 aromatic heterocycles. The van der Waals surface area contributed by atoms with Gasteiger partial charge in [-0.2, -0.15) is 0 Å². The predicted octanol–water partition coefficient (Wildman–Crippen LogP) is 3.50. The summed E-state index contributed by atoms with van der Waals surface area (Å²) in [6, 6.07) is 7.81. The van der Waals surface area contributed by atoms with Crippen molar-refractivity contribution in [2.45, 2.75) is 56.5 Å². The van der Waals surface area contributed by atoms with E-state index in [1.807, 2.05) is 24.3 Å². The zero-order chi connectivity index (χ0) is 15.4. The van der Waals surface area contributed by atoms with Crippen molar-refractivity contribution in [3.05, 3.63) is 34.9 Å². The van der Waals surface area contributed by atoms with E-state index in [-0.39, 0.29) is 12.2 Å². The van der Waals surface area contributed by atoms with Gasteiger partial charge in [-0.25, -0.2) is 0 Å². The summed E-state index contributed by atoms with van der Waals surface area (Å²) in [6.07, 6.45) is 5.41. The van der Waals surface area contributed by atoms with Gasteiger partial charge >= 0.3 is 0 Å². The second-order valence-electron chi connectivity index (χ2n) is 5.98. The third-order valence-electron chi connectivity index (χ3n) is 4.48. The first-order chi connectivity index (χ1) is 10.7. The SMILES string of the molecule is O=COCC[C@H]1OC2(CCCC2)O[C@@H]1Cc1ccccc1Cl. The standard InChI is InChI=1S/C17H21ClO4/c18-14-6-2-1-5-13(14)11-16-15(7-10-20-12-19)21-17(22-16)8-3-4-9-17/h1-2,5-6,12,15-16H,3-4,7-11H2/t15-,16-/m1/s1. The molecule has 1 saturated carbocycles. The number of benzene rings is 1. The summed E-state index contributed by atoms with van der Waals surface area (Å²) in [6.45, 7) is 0.830. The van der Waals surface area contributed by atoms with Gasteiger partial charge in [-0.3, -0.25) is 4.79 Å². The molecule has 4 nitrogen and oxygen atoms in total. The predicted molar refractivity (Wildman–Crippen MR) is 82.7 cm³/mol. The Morgan fingerprint density at radius 1 is 1.23 bits per heavy atom. The Balaban J connectivity index is 1.70. The summed E-state index contributed by atoms with van der Waals surface area (Å²) in [5, 5.41) is 0.751. The molecule has 2 fully saturated rings. The molecule has 0 amide bonds. The molecule has 1 aliphatic carbocycles. The maximum atomic E-state index is 10.3. The number of hydrogen-bond acceptors (Lipinski definition) is 4. The van der Waals surface area contributed by atoms with Crippen molar-refractivity contribution in [1.29, 1.82) is 0 Å². The van der Waals surface area contributed by atoms with Crippen molar-refractivity contribution in [3.8, 4) is 0 Å². The van der Waals surface area contributed by atoms with Gasteiger partial charge in [0.05, 0.1) is 18.8 Å². The molecule has 120 valence electrons.